The first-order valence-corrected chi connectivity index (χ1v) is 12.5. The van der Waals surface area contributed by atoms with E-state index in [0.29, 0.717) is 37.1 Å². The minimum atomic E-state index is -0.835. The fraction of sp³-hybridized carbons (Fsp3) is 0.308. The number of furan rings is 1. The predicted octanol–water partition coefficient (Wildman–Crippen LogP) is 4.79. The molecule has 1 fully saturated rings. The highest BCUT2D eigenvalue weighted by molar-refractivity contribution is 9.10. The van der Waals surface area contributed by atoms with Crippen LogP contribution >= 0.6 is 15.9 Å². The maximum absolute atomic E-state index is 13.7. The van der Waals surface area contributed by atoms with Crippen molar-refractivity contribution in [3.8, 4) is 0 Å². The number of aliphatic hydroxyl groups is 1. The number of Topliss-reactive ketones (excluding diaryl/α,β-unsaturated/α-hetero) is 1. The summed E-state index contributed by atoms with van der Waals surface area (Å²) in [7, 11) is 0. The Morgan fingerprint density at radius 3 is 2.69 bits per heavy atom. The van der Waals surface area contributed by atoms with Gasteiger partial charge in [-0.1, -0.05) is 22.0 Å². The smallest absolute Gasteiger partial charge is 0.409 e. The Morgan fingerprint density at radius 2 is 2.00 bits per heavy atom. The number of aromatic nitrogens is 1. The van der Waals surface area contributed by atoms with E-state index in [1.807, 2.05) is 6.07 Å². The van der Waals surface area contributed by atoms with E-state index in [1.165, 1.54) is 0 Å². The van der Waals surface area contributed by atoms with Gasteiger partial charge in [-0.05, 0) is 55.7 Å². The van der Waals surface area contributed by atoms with Crippen molar-refractivity contribution in [3.63, 3.8) is 0 Å². The third-order valence-electron chi connectivity index (χ3n) is 6.57. The molecule has 0 saturated carbocycles. The summed E-state index contributed by atoms with van der Waals surface area (Å²) in [6, 6.07) is 9.33. The van der Waals surface area contributed by atoms with Gasteiger partial charge in [0.25, 0.3) is 5.91 Å². The lowest BCUT2D eigenvalue weighted by Crippen LogP contribution is -2.48. The lowest BCUT2D eigenvalue weighted by atomic mass is 9.93. The lowest BCUT2D eigenvalue weighted by molar-refractivity contribution is -0.132. The van der Waals surface area contributed by atoms with Crippen LogP contribution in [0.25, 0.3) is 11.0 Å². The van der Waals surface area contributed by atoms with Gasteiger partial charge in [0.2, 0.25) is 5.78 Å². The first kappa shape index (κ1) is 24.1. The monoisotopic (exact) mass is 553 g/mol. The van der Waals surface area contributed by atoms with E-state index >= 15 is 0 Å². The minimum absolute atomic E-state index is 0.0327. The van der Waals surface area contributed by atoms with Crippen LogP contribution in [0.2, 0.25) is 0 Å². The maximum Gasteiger partial charge on any atom is 0.409 e. The molecule has 1 atom stereocenters. The van der Waals surface area contributed by atoms with Crippen LogP contribution in [0.15, 0.2) is 69.0 Å². The van der Waals surface area contributed by atoms with E-state index < -0.39 is 23.5 Å². The van der Waals surface area contributed by atoms with Crippen LogP contribution in [0.1, 0.15) is 41.9 Å². The van der Waals surface area contributed by atoms with E-state index in [1.54, 1.807) is 59.4 Å². The van der Waals surface area contributed by atoms with Gasteiger partial charge >= 0.3 is 6.09 Å². The zero-order valence-electron chi connectivity index (χ0n) is 19.5. The third kappa shape index (κ3) is 4.26. The Balaban J connectivity index is 1.49. The van der Waals surface area contributed by atoms with E-state index in [-0.39, 0.29) is 30.1 Å². The molecule has 5 rings (SSSR count). The number of fused-ring (bicyclic) bond motifs is 1. The van der Waals surface area contributed by atoms with Crippen LogP contribution in [0.3, 0.4) is 0 Å². The van der Waals surface area contributed by atoms with Gasteiger partial charge in [-0.25, -0.2) is 4.79 Å². The number of ether oxygens (including phenoxy) is 1. The quantitative estimate of drug-likeness (QED) is 0.452. The topological polar surface area (TPSA) is 113 Å². The molecular weight excluding hydrogens is 530 g/mol. The Bertz CT molecular complexity index is 1360. The van der Waals surface area contributed by atoms with Gasteiger partial charge < -0.3 is 24.1 Å². The normalized spacial score (nSPS) is 18.8. The number of carbonyl (C=O) groups is 3. The summed E-state index contributed by atoms with van der Waals surface area (Å²) in [4.78, 5) is 46.5. The maximum atomic E-state index is 13.7. The molecular formula is C26H24BrN3O6. The average Bonchev–Trinajstić information content (AvgIpc) is 3.43. The van der Waals surface area contributed by atoms with Gasteiger partial charge in [0.1, 0.15) is 5.58 Å². The van der Waals surface area contributed by atoms with Gasteiger partial charge in [-0.2, -0.15) is 0 Å². The Kier molecular flexibility index (Phi) is 6.53. The number of rotatable bonds is 5. The molecule has 186 valence electrons. The van der Waals surface area contributed by atoms with Gasteiger partial charge in [0.15, 0.2) is 11.5 Å². The Labute approximate surface area is 215 Å². The molecule has 36 heavy (non-hydrogen) atoms. The number of nitrogens with zero attached hydrogens (tertiary/aromatic N) is 3. The van der Waals surface area contributed by atoms with Crippen molar-refractivity contribution in [2.75, 3.05) is 19.7 Å². The molecule has 1 unspecified atom stereocenters. The first-order chi connectivity index (χ1) is 17.4. The average molecular weight is 554 g/mol. The number of pyridine rings is 1. The van der Waals surface area contributed by atoms with Crippen molar-refractivity contribution in [1.82, 2.24) is 14.8 Å². The molecule has 2 aromatic heterocycles. The van der Waals surface area contributed by atoms with Crippen molar-refractivity contribution in [2.45, 2.75) is 31.8 Å². The number of carbonyl (C=O) groups excluding carboxylic acids is 3. The van der Waals surface area contributed by atoms with Gasteiger partial charge in [-0.15, -0.1) is 0 Å². The molecule has 1 N–H and O–H groups in total. The number of benzene rings is 1. The molecule has 4 heterocycles. The molecule has 1 saturated heterocycles. The molecule has 2 amide bonds. The second-order valence-corrected chi connectivity index (χ2v) is 9.62. The number of ketones is 1. The largest absolute Gasteiger partial charge is 0.503 e. The number of piperidine rings is 1. The molecule has 0 spiro atoms. The van der Waals surface area contributed by atoms with E-state index in [4.69, 9.17) is 9.15 Å². The summed E-state index contributed by atoms with van der Waals surface area (Å²) in [5, 5.41) is 11.7. The Morgan fingerprint density at radius 1 is 1.22 bits per heavy atom. The zero-order valence-corrected chi connectivity index (χ0v) is 21.1. The SMILES string of the molecule is CCOC(=O)N1CCC(N2C(=O)C(O)=C(C(=O)c3cc4cc(Br)ccc4o3)C2c2cccnc2)CC1. The number of likely N-dealkylation sites (tertiary alicyclic amines) is 1. The lowest BCUT2D eigenvalue weighted by Gasteiger charge is -2.39. The third-order valence-corrected chi connectivity index (χ3v) is 7.07. The second kappa shape index (κ2) is 9.77. The summed E-state index contributed by atoms with van der Waals surface area (Å²) in [5.74, 6) is -1.75. The minimum Gasteiger partial charge on any atom is -0.503 e. The van der Waals surface area contributed by atoms with E-state index in [2.05, 4.69) is 20.9 Å². The second-order valence-electron chi connectivity index (χ2n) is 8.70. The number of aliphatic hydroxyl groups excluding tert-OH is 1. The fourth-order valence-corrected chi connectivity index (χ4v) is 5.28. The number of amides is 2. The van der Waals surface area contributed by atoms with Crippen LogP contribution in [0, 0.1) is 0 Å². The molecule has 10 heteroatoms. The molecule has 9 nitrogen and oxygen atoms in total. The highest BCUT2D eigenvalue weighted by Gasteiger charge is 2.48. The molecule has 0 bridgehead atoms. The zero-order chi connectivity index (χ0) is 25.4. The summed E-state index contributed by atoms with van der Waals surface area (Å²) >= 11 is 3.41. The van der Waals surface area contributed by atoms with Gasteiger partial charge in [-0.3, -0.25) is 14.6 Å². The Hall–Kier alpha value is -3.66. The van der Waals surface area contributed by atoms with Crippen LogP contribution < -0.4 is 0 Å². The van der Waals surface area contributed by atoms with Crippen LogP contribution in [-0.4, -0.2) is 63.4 Å². The van der Waals surface area contributed by atoms with E-state index in [9.17, 15) is 19.5 Å². The molecule has 2 aliphatic heterocycles. The number of hydrogen-bond acceptors (Lipinski definition) is 7. The summed E-state index contributed by atoms with van der Waals surface area (Å²) in [6.07, 6.45) is 3.76. The fourth-order valence-electron chi connectivity index (χ4n) is 4.90. The van der Waals surface area contributed by atoms with Crippen LogP contribution in [-0.2, 0) is 9.53 Å². The van der Waals surface area contributed by atoms with Crippen molar-refractivity contribution in [2.24, 2.45) is 0 Å². The standard InChI is InChI=1S/C26H24BrN3O6/c1-2-35-26(34)29-10-7-18(8-11-29)30-22(15-4-3-9-28-14-15)21(24(32)25(30)33)23(31)20-13-16-12-17(27)5-6-19(16)36-20/h3-6,9,12-14,18,22,32H,2,7-8,10-11H2,1H3. The van der Waals surface area contributed by atoms with Crippen molar-refractivity contribution in [1.29, 1.82) is 0 Å². The molecule has 0 radical (unpaired) electrons. The highest BCUT2D eigenvalue weighted by atomic mass is 79.9. The number of halogens is 1. The van der Waals surface area contributed by atoms with Gasteiger partial charge in [0, 0.05) is 41.4 Å². The van der Waals surface area contributed by atoms with Crippen molar-refractivity contribution < 1.29 is 28.6 Å². The van der Waals surface area contributed by atoms with Crippen molar-refractivity contribution >= 4 is 44.7 Å². The predicted molar refractivity (Wildman–Crippen MR) is 133 cm³/mol. The summed E-state index contributed by atoms with van der Waals surface area (Å²) in [5.41, 5.74) is 1.08. The summed E-state index contributed by atoms with van der Waals surface area (Å²) < 4.78 is 11.7. The molecule has 2 aliphatic rings. The molecule has 0 aliphatic carbocycles. The first-order valence-electron chi connectivity index (χ1n) is 11.7. The molecule has 1 aromatic carbocycles. The van der Waals surface area contributed by atoms with Crippen molar-refractivity contribution in [3.05, 3.63) is 75.9 Å². The van der Waals surface area contributed by atoms with E-state index in [0.717, 1.165) is 9.86 Å². The number of hydrogen-bond donors (Lipinski definition) is 1. The van der Waals surface area contributed by atoms with Gasteiger partial charge in [0.05, 0.1) is 18.2 Å². The highest BCUT2D eigenvalue weighted by Crippen LogP contribution is 2.42. The summed E-state index contributed by atoms with van der Waals surface area (Å²) in [6.45, 7) is 2.83. The van der Waals surface area contributed by atoms with Crippen LogP contribution in [0.4, 0.5) is 4.79 Å². The molecule has 3 aromatic rings. The van der Waals surface area contributed by atoms with Crippen LogP contribution in [0.5, 0.6) is 0 Å².